The number of amides is 2. The van der Waals surface area contributed by atoms with Crippen LogP contribution in [0.1, 0.15) is 23.2 Å². The van der Waals surface area contributed by atoms with E-state index < -0.39 is 5.41 Å². The van der Waals surface area contributed by atoms with Gasteiger partial charge in [-0.3, -0.25) is 9.59 Å². The fourth-order valence-corrected chi connectivity index (χ4v) is 3.83. The van der Waals surface area contributed by atoms with Crippen LogP contribution in [0.4, 0.5) is 0 Å². The molecule has 2 amide bonds. The number of morpholine rings is 1. The van der Waals surface area contributed by atoms with Crippen molar-refractivity contribution in [1.29, 1.82) is 0 Å². The molecule has 7 heteroatoms. The Labute approximate surface area is 159 Å². The molecule has 6 nitrogen and oxygen atoms in total. The topological polar surface area (TPSA) is 61.9 Å². The number of piperidine rings is 1. The van der Waals surface area contributed by atoms with Crippen LogP contribution in [0.2, 0.25) is 5.02 Å². The monoisotopic (exact) mass is 379 g/mol. The molecule has 0 spiro atoms. The first-order chi connectivity index (χ1) is 12.5. The largest absolute Gasteiger partial charge is 0.378 e. The Morgan fingerprint density at radius 2 is 1.81 bits per heavy atom. The van der Waals surface area contributed by atoms with Crippen molar-refractivity contribution in [3.05, 3.63) is 34.9 Å². The lowest BCUT2D eigenvalue weighted by molar-refractivity contribution is -0.148. The smallest absolute Gasteiger partial charge is 0.252 e. The standard InChI is InChI=1S/C19H26ClN3O3/c1-22-8-6-19(7-9-22,18(25)23-10-12-26-13-11-23)14-21-17(24)15-4-2-3-5-16(15)20/h2-5H,6-14H2,1H3,(H,21,24). The summed E-state index contributed by atoms with van der Waals surface area (Å²) in [6.07, 6.45) is 1.48. The number of hydrogen-bond donors (Lipinski definition) is 1. The average Bonchev–Trinajstić information content (AvgIpc) is 2.68. The van der Waals surface area contributed by atoms with Crippen LogP contribution in [0.3, 0.4) is 0 Å². The van der Waals surface area contributed by atoms with Crippen molar-refractivity contribution in [2.45, 2.75) is 12.8 Å². The molecular weight excluding hydrogens is 354 g/mol. The molecule has 0 aliphatic carbocycles. The third-order valence-corrected chi connectivity index (χ3v) is 5.73. The number of carbonyl (C=O) groups excluding carboxylic acids is 2. The molecule has 0 bridgehead atoms. The lowest BCUT2D eigenvalue weighted by atomic mass is 9.76. The molecule has 2 heterocycles. The number of benzene rings is 1. The summed E-state index contributed by atoms with van der Waals surface area (Å²) in [5.41, 5.74) is -0.114. The zero-order chi connectivity index (χ0) is 18.6. The zero-order valence-corrected chi connectivity index (χ0v) is 15.9. The van der Waals surface area contributed by atoms with Gasteiger partial charge in [0.05, 0.1) is 29.2 Å². The van der Waals surface area contributed by atoms with E-state index in [9.17, 15) is 9.59 Å². The maximum atomic E-state index is 13.3. The van der Waals surface area contributed by atoms with Gasteiger partial charge in [0, 0.05) is 19.6 Å². The quantitative estimate of drug-likeness (QED) is 0.864. The third-order valence-electron chi connectivity index (χ3n) is 5.40. The van der Waals surface area contributed by atoms with Crippen molar-refractivity contribution in [3.8, 4) is 0 Å². The molecule has 1 N–H and O–H groups in total. The normalized spacial score (nSPS) is 20.6. The Morgan fingerprint density at radius 1 is 1.15 bits per heavy atom. The highest BCUT2D eigenvalue weighted by atomic mass is 35.5. The molecule has 2 aliphatic heterocycles. The molecule has 2 fully saturated rings. The van der Waals surface area contributed by atoms with Gasteiger partial charge in [0.1, 0.15) is 0 Å². The van der Waals surface area contributed by atoms with Crippen LogP contribution in [0.25, 0.3) is 0 Å². The first kappa shape index (κ1) is 19.1. The molecule has 0 radical (unpaired) electrons. The van der Waals surface area contributed by atoms with Gasteiger partial charge in [0.15, 0.2) is 0 Å². The van der Waals surface area contributed by atoms with Gasteiger partial charge in [0.25, 0.3) is 5.91 Å². The van der Waals surface area contributed by atoms with Crippen molar-refractivity contribution in [2.75, 3.05) is 53.0 Å². The van der Waals surface area contributed by atoms with E-state index in [0.717, 1.165) is 25.9 Å². The Hall–Kier alpha value is -1.63. The molecule has 0 aromatic heterocycles. The molecule has 1 aromatic rings. The summed E-state index contributed by atoms with van der Waals surface area (Å²) in [4.78, 5) is 29.9. The number of likely N-dealkylation sites (tertiary alicyclic amines) is 1. The summed E-state index contributed by atoms with van der Waals surface area (Å²) < 4.78 is 5.37. The van der Waals surface area contributed by atoms with Gasteiger partial charge in [0.2, 0.25) is 5.91 Å². The van der Waals surface area contributed by atoms with E-state index in [-0.39, 0.29) is 11.8 Å². The van der Waals surface area contributed by atoms with Crippen molar-refractivity contribution in [2.24, 2.45) is 5.41 Å². The molecule has 0 unspecified atom stereocenters. The predicted octanol–water partition coefficient (Wildman–Crippen LogP) is 1.64. The Kier molecular flexibility index (Phi) is 6.16. The summed E-state index contributed by atoms with van der Waals surface area (Å²) in [5, 5.41) is 3.38. The van der Waals surface area contributed by atoms with Gasteiger partial charge in [-0.25, -0.2) is 0 Å². The first-order valence-electron chi connectivity index (χ1n) is 9.10. The van der Waals surface area contributed by atoms with E-state index in [1.165, 1.54) is 0 Å². The van der Waals surface area contributed by atoms with E-state index in [1.54, 1.807) is 24.3 Å². The van der Waals surface area contributed by atoms with Gasteiger partial charge >= 0.3 is 0 Å². The van der Waals surface area contributed by atoms with Gasteiger partial charge < -0.3 is 19.9 Å². The Bertz CT molecular complexity index is 653. The maximum absolute atomic E-state index is 13.3. The van der Waals surface area contributed by atoms with Gasteiger partial charge in [-0.1, -0.05) is 23.7 Å². The average molecular weight is 380 g/mol. The van der Waals surface area contributed by atoms with Crippen molar-refractivity contribution in [3.63, 3.8) is 0 Å². The fourth-order valence-electron chi connectivity index (χ4n) is 3.60. The Morgan fingerprint density at radius 3 is 2.46 bits per heavy atom. The number of ether oxygens (including phenoxy) is 1. The van der Waals surface area contributed by atoms with Crippen LogP contribution in [0, 0.1) is 5.41 Å². The molecule has 0 saturated carbocycles. The maximum Gasteiger partial charge on any atom is 0.252 e. The van der Waals surface area contributed by atoms with Crippen LogP contribution in [-0.4, -0.2) is 74.6 Å². The number of nitrogens with zero attached hydrogens (tertiary/aromatic N) is 2. The summed E-state index contributed by atoms with van der Waals surface area (Å²) in [5.74, 6) is -0.1000. The van der Waals surface area contributed by atoms with Crippen LogP contribution in [0.5, 0.6) is 0 Å². The fraction of sp³-hybridized carbons (Fsp3) is 0.579. The number of hydrogen-bond acceptors (Lipinski definition) is 4. The lowest BCUT2D eigenvalue weighted by Gasteiger charge is -2.43. The number of nitrogens with one attached hydrogen (secondary N) is 1. The second-order valence-corrected chi connectivity index (χ2v) is 7.56. The van der Waals surface area contributed by atoms with E-state index in [2.05, 4.69) is 17.3 Å². The minimum atomic E-state index is -0.555. The summed E-state index contributed by atoms with van der Waals surface area (Å²) in [6.45, 7) is 4.42. The molecule has 2 saturated heterocycles. The van der Waals surface area contributed by atoms with Crippen LogP contribution in [0.15, 0.2) is 24.3 Å². The molecule has 1 aromatic carbocycles. The van der Waals surface area contributed by atoms with Crippen LogP contribution >= 0.6 is 11.6 Å². The van der Waals surface area contributed by atoms with E-state index in [0.29, 0.717) is 43.4 Å². The molecule has 0 atom stereocenters. The van der Waals surface area contributed by atoms with Gasteiger partial charge in [-0.15, -0.1) is 0 Å². The van der Waals surface area contributed by atoms with Crippen molar-refractivity contribution < 1.29 is 14.3 Å². The van der Waals surface area contributed by atoms with Crippen molar-refractivity contribution >= 4 is 23.4 Å². The lowest BCUT2D eigenvalue weighted by Crippen LogP contribution is -2.56. The second-order valence-electron chi connectivity index (χ2n) is 7.15. The summed E-state index contributed by atoms with van der Waals surface area (Å²) in [7, 11) is 2.06. The number of halogens is 1. The van der Waals surface area contributed by atoms with Gasteiger partial charge in [-0.05, 0) is 45.1 Å². The Balaban J connectivity index is 1.73. The number of carbonyl (C=O) groups is 2. The highest BCUT2D eigenvalue weighted by Crippen LogP contribution is 2.33. The minimum Gasteiger partial charge on any atom is -0.378 e. The van der Waals surface area contributed by atoms with Crippen LogP contribution < -0.4 is 5.32 Å². The van der Waals surface area contributed by atoms with E-state index >= 15 is 0 Å². The second kappa shape index (κ2) is 8.37. The SMILES string of the molecule is CN1CCC(CNC(=O)c2ccccc2Cl)(C(=O)N2CCOCC2)CC1. The van der Waals surface area contributed by atoms with Crippen molar-refractivity contribution in [1.82, 2.24) is 15.1 Å². The molecule has 26 heavy (non-hydrogen) atoms. The molecule has 2 aliphatic rings. The summed E-state index contributed by atoms with van der Waals surface area (Å²) >= 11 is 6.12. The first-order valence-corrected chi connectivity index (χ1v) is 9.48. The van der Waals surface area contributed by atoms with Crippen LogP contribution in [-0.2, 0) is 9.53 Å². The molecular formula is C19H26ClN3O3. The van der Waals surface area contributed by atoms with E-state index in [4.69, 9.17) is 16.3 Å². The molecule has 3 rings (SSSR count). The minimum absolute atomic E-state index is 0.133. The highest BCUT2D eigenvalue weighted by molar-refractivity contribution is 6.33. The third kappa shape index (κ3) is 4.19. The summed E-state index contributed by atoms with van der Waals surface area (Å²) in [6, 6.07) is 6.97. The van der Waals surface area contributed by atoms with E-state index in [1.807, 2.05) is 4.90 Å². The number of rotatable bonds is 4. The van der Waals surface area contributed by atoms with Gasteiger partial charge in [-0.2, -0.15) is 0 Å². The predicted molar refractivity (Wildman–Crippen MR) is 100 cm³/mol. The zero-order valence-electron chi connectivity index (χ0n) is 15.2. The molecule has 142 valence electrons. The highest BCUT2D eigenvalue weighted by Gasteiger charge is 2.43.